The summed E-state index contributed by atoms with van der Waals surface area (Å²) < 4.78 is 17.8. The van der Waals surface area contributed by atoms with Gasteiger partial charge in [-0.15, -0.1) is 0 Å². The molecule has 1 spiro atoms. The lowest BCUT2D eigenvalue weighted by Crippen LogP contribution is -2.45. The Kier molecular flexibility index (Phi) is 44.6. The quantitative estimate of drug-likeness (QED) is 0.0185. The van der Waals surface area contributed by atoms with Gasteiger partial charge in [0.15, 0.2) is 0 Å². The number of carbonyl (C=O) groups excluding carboxylic acids is 6. The fraction of sp³-hybridized carbons (Fsp3) is 0.261. The van der Waals surface area contributed by atoms with E-state index in [0.717, 1.165) is 58.4 Å². The van der Waals surface area contributed by atoms with Gasteiger partial charge in [0.05, 0.1) is 66.5 Å². The minimum absolute atomic E-state index is 0. The zero-order valence-electron chi connectivity index (χ0n) is 61.2. The molecule has 3 aliphatic rings. The predicted molar refractivity (Wildman–Crippen MR) is 483 cm³/mol. The summed E-state index contributed by atoms with van der Waals surface area (Å²) in [5.41, 5.74) is 11.4. The molecule has 33 nitrogen and oxygen atoms in total. The number of anilines is 9. The van der Waals surface area contributed by atoms with E-state index in [9.17, 15) is 38.4 Å². The van der Waals surface area contributed by atoms with E-state index in [1.807, 2.05) is 4.57 Å². The van der Waals surface area contributed by atoms with Crippen molar-refractivity contribution in [1.82, 2.24) is 79.7 Å². The number of Topliss-reactive ketones (excluding diaryl/α,β-unsaturated/α-hetero) is 1. The average Bonchev–Trinajstić information content (AvgIpc) is 1.57. The Bertz CT molecular complexity index is 5460. The van der Waals surface area contributed by atoms with Crippen LogP contribution in [0.2, 0.25) is 25.1 Å². The van der Waals surface area contributed by atoms with Crippen molar-refractivity contribution in [3.63, 3.8) is 0 Å². The first-order valence-electron chi connectivity index (χ1n) is 33.9. The normalized spacial score (nSPS) is 12.2. The van der Waals surface area contributed by atoms with Crippen LogP contribution in [0, 0.1) is 13.9 Å². The average molecular weight is 1960 g/mol. The molecule has 2 amide bonds. The van der Waals surface area contributed by atoms with E-state index in [1.54, 1.807) is 106 Å². The third-order valence-corrected chi connectivity index (χ3v) is 28.1. The Morgan fingerprint density at radius 3 is 1.33 bits per heavy atom. The SMILES string of the molecule is C.CCOC(=O)c1[nH]c(=O)c(Br)cc1Cl.CCOC(=O)c1[nH]c(=O)c(Nc2ccncn2)cc1Cl.CCOC(=O)c1[nH]c(=S)c(Nc2ccncn2)cc1Cl.NC(=O)c1[nH]c(=S)c(Nc2ccncn2)cc1Cl.Nc1ccncn1.O=C1CCCCC1.O=C1NC2(CCCCC2)n2c1c(Cl)cc(Nc1ccncn1)c2=S.S=PP=S=S=S=S. The number of amides is 2. The Balaban J connectivity index is 0.000000248. The maximum absolute atomic E-state index is 12.5. The van der Waals surface area contributed by atoms with Crippen LogP contribution in [0.15, 0.2) is 137 Å². The molecule has 10 aromatic rings. The summed E-state index contributed by atoms with van der Waals surface area (Å²) in [6.45, 7) is 5.73. The van der Waals surface area contributed by atoms with Gasteiger partial charge in [0.2, 0.25) is 0 Å². The molecule has 2 aliphatic carbocycles. The van der Waals surface area contributed by atoms with E-state index in [4.69, 9.17) is 120 Å². The lowest BCUT2D eigenvalue weighted by molar-refractivity contribution is -0.120. The number of H-pyrrole nitrogens is 4. The van der Waals surface area contributed by atoms with Crippen LogP contribution in [0.3, 0.4) is 0 Å². The van der Waals surface area contributed by atoms with Crippen molar-refractivity contribution >= 4 is 262 Å². The zero-order valence-corrected chi connectivity index (χ0v) is 74.9. The van der Waals surface area contributed by atoms with E-state index in [2.05, 4.69) is 135 Å². The number of hydrogen-bond donors (Lipinski definition) is 11. The van der Waals surface area contributed by atoms with Gasteiger partial charge in [-0.3, -0.25) is 24.0 Å². The molecule has 1 aliphatic heterocycles. The molecule has 10 aromatic heterocycles. The van der Waals surface area contributed by atoms with Crippen molar-refractivity contribution in [3.05, 3.63) is 216 Å². The maximum Gasteiger partial charge on any atom is 0.356 e. The predicted octanol–water partition coefficient (Wildman–Crippen LogP) is 16.5. The lowest BCUT2D eigenvalue weighted by Gasteiger charge is -2.36. The number of esters is 3. The first kappa shape index (κ1) is 99.6. The highest BCUT2D eigenvalue weighted by Crippen LogP contribution is 2.41. The van der Waals surface area contributed by atoms with Crippen LogP contribution in [-0.2, 0) is 74.9 Å². The number of nitrogen functional groups attached to an aromatic ring is 1. The van der Waals surface area contributed by atoms with Gasteiger partial charge in [-0.1, -0.05) is 115 Å². The Morgan fingerprint density at radius 1 is 0.551 bits per heavy atom. The number of nitrogens with zero attached hydrogens (tertiary/aromatic N) is 11. The third kappa shape index (κ3) is 32.3. The van der Waals surface area contributed by atoms with Crippen LogP contribution in [0.25, 0.3) is 0 Å². The summed E-state index contributed by atoms with van der Waals surface area (Å²) >= 11 is 58.2. The first-order chi connectivity index (χ1) is 56.2. The number of primary amides is 1. The zero-order chi connectivity index (χ0) is 85.4. The molecule has 0 saturated heterocycles. The van der Waals surface area contributed by atoms with Crippen LogP contribution < -0.4 is 49.2 Å². The highest BCUT2D eigenvalue weighted by atomic mass is 79.9. The van der Waals surface area contributed by atoms with Crippen molar-refractivity contribution in [1.29, 1.82) is 0 Å². The monoisotopic (exact) mass is 1960 g/mol. The summed E-state index contributed by atoms with van der Waals surface area (Å²) in [5.74, 6) is 0.491. The van der Waals surface area contributed by atoms with Crippen LogP contribution in [-0.4, -0.2) is 130 Å². The van der Waals surface area contributed by atoms with Gasteiger partial charge in [-0.2, -0.15) is 0 Å². The number of carbonyl (C=O) groups is 6. The fourth-order valence-corrected chi connectivity index (χ4v) is 22.0. The van der Waals surface area contributed by atoms with Gasteiger partial charge in [0.1, 0.15) is 120 Å². The van der Waals surface area contributed by atoms with E-state index in [1.165, 1.54) is 84.8 Å². The Morgan fingerprint density at radius 2 is 0.941 bits per heavy atom. The van der Waals surface area contributed by atoms with Crippen LogP contribution in [0.5, 0.6) is 0 Å². The van der Waals surface area contributed by atoms with Gasteiger partial charge < -0.3 is 76.8 Å². The fourth-order valence-electron chi connectivity index (χ4n) is 9.91. The highest BCUT2D eigenvalue weighted by molar-refractivity contribution is 9.10. The molecule has 2 saturated carbocycles. The van der Waals surface area contributed by atoms with E-state index in [0.29, 0.717) is 76.6 Å². The number of nitrogens with one attached hydrogen (secondary N) is 9. The Hall–Kier alpha value is -8.94. The number of halogens is 6. The van der Waals surface area contributed by atoms with E-state index >= 15 is 0 Å². The van der Waals surface area contributed by atoms with Crippen molar-refractivity contribution in [2.24, 2.45) is 5.73 Å². The molecule has 624 valence electrons. The summed E-state index contributed by atoms with van der Waals surface area (Å²) in [4.78, 5) is 140. The second-order valence-electron chi connectivity index (χ2n) is 22.8. The molecule has 0 aromatic carbocycles. The molecule has 13 N–H and O–H groups in total. The standard InChI is InChI=1S/C16H16ClN5OS.C12H11ClN4O3.C12H11ClN4O2S.C10H8ClN5OS.C8H7BrClNO3.C6H10O.C4H5N3.CH4.P2S5/c17-10-8-11(20-12-4-7-18-9-19-12)15(24)22-13(10)14(23)21-16(22)5-2-1-3-6-16;1-2-20-12(19)10-7(13)5-8(11(18)17-10)16-9-3-4-14-6-15-9;1-2-19-12(18)10-7(13)5-8(11(20)17-10)16-9-3-4-14-6-15-9;11-5-3-6(10(18)16-8(5)9(12)17)15-7-1-2-13-4-14-7;1-2-14-8(13)6-5(10)3-4(9)7(12)11-6;7-6-4-2-1-3-5-6;5-4-1-2-6-3-7-4;;3-1-2-5-7-6-4/h4,7-9H,1-3,5-6H2,(H,21,23)(H,18,19,20);3-6H,2H2,1H3,(H,17,18)(H,14,15,16);3-6H,2H2,1H3,(H,17,20)(H,14,15,16);1-4H,(H2,12,17)(H,16,18)(H,13,14,15);3H,2H2,1H3,(H,11,12);1-5H2;1-3H,(H2,5,6,7);1H4;. The minimum atomic E-state index is -0.678. The first-order valence-corrected chi connectivity index (χ1v) is 46.4. The summed E-state index contributed by atoms with van der Waals surface area (Å²) in [6.07, 6.45) is 25.2. The number of pyridine rings is 5. The molecule has 0 bridgehead atoms. The molecular formula is C69H72BrCl5N22O11P2S8. The van der Waals surface area contributed by atoms with Crippen molar-refractivity contribution in [2.75, 3.05) is 46.8 Å². The molecular weight excluding hydrogens is 1890 g/mol. The topological polar surface area (TPSA) is 473 Å². The molecule has 0 atom stereocenters. The smallest absolute Gasteiger partial charge is 0.356 e. The van der Waals surface area contributed by atoms with Gasteiger partial charge in [0, 0.05) is 57.9 Å². The Labute approximate surface area is 744 Å². The van der Waals surface area contributed by atoms with Crippen molar-refractivity contribution < 1.29 is 43.0 Å². The number of ether oxygens (including phenoxy) is 3. The summed E-state index contributed by atoms with van der Waals surface area (Å²) in [6, 6.07) is 15.8. The van der Waals surface area contributed by atoms with Crippen LogP contribution in [0.4, 0.5) is 51.8 Å². The van der Waals surface area contributed by atoms with Crippen molar-refractivity contribution in [2.45, 2.75) is 98.1 Å². The number of rotatable bonds is 16. The largest absolute Gasteiger partial charge is 0.461 e. The second kappa shape index (κ2) is 52.9. The summed E-state index contributed by atoms with van der Waals surface area (Å²) in [5, 5.41) is 16.1. The van der Waals surface area contributed by atoms with Crippen molar-refractivity contribution in [3.8, 4) is 0 Å². The molecule has 0 radical (unpaired) electrons. The maximum atomic E-state index is 12.5. The molecule has 2 fully saturated rings. The number of aromatic amines is 4. The molecule has 49 heteroatoms. The molecule has 11 heterocycles. The molecule has 13 rings (SSSR count). The third-order valence-electron chi connectivity index (χ3n) is 15.0. The number of fused-ring (bicyclic) bond motifs is 2. The molecule has 118 heavy (non-hydrogen) atoms. The number of aromatic nitrogens is 15. The van der Waals surface area contributed by atoms with Gasteiger partial charge in [-0.05, 0) is 186 Å². The van der Waals surface area contributed by atoms with Crippen LogP contribution >= 0.6 is 125 Å². The van der Waals surface area contributed by atoms with Crippen LogP contribution in [0.1, 0.15) is 145 Å². The number of hydrogen-bond acceptors (Lipinski definition) is 31. The summed E-state index contributed by atoms with van der Waals surface area (Å²) in [7, 11) is 6.83. The minimum Gasteiger partial charge on any atom is -0.461 e. The number of nitrogens with two attached hydrogens (primary N) is 2. The lowest BCUT2D eigenvalue weighted by atomic mass is 9.89. The van der Waals surface area contributed by atoms with E-state index < -0.39 is 40.6 Å². The second-order valence-corrected chi connectivity index (χ2v) is 36.6. The molecule has 0 unspecified atom stereocenters. The van der Waals surface area contributed by atoms with Gasteiger partial charge >= 0.3 is 17.9 Å². The van der Waals surface area contributed by atoms with Gasteiger partial charge in [0.25, 0.3) is 22.9 Å². The number of ketones is 1. The van der Waals surface area contributed by atoms with Gasteiger partial charge in [-0.25, -0.2) is 64.2 Å². The highest BCUT2D eigenvalue weighted by Gasteiger charge is 2.45. The van der Waals surface area contributed by atoms with E-state index in [-0.39, 0.29) is 86.2 Å².